The topological polar surface area (TPSA) is 86.1 Å². The average molecular weight is 576 g/mol. The zero-order valence-corrected chi connectivity index (χ0v) is 23.7. The molecule has 0 aliphatic carbocycles. The Morgan fingerprint density at radius 2 is 2.10 bits per heavy atom. The fourth-order valence-electron chi connectivity index (χ4n) is 5.79. The Morgan fingerprint density at radius 1 is 1.24 bits per heavy atom. The predicted octanol–water partition coefficient (Wildman–Crippen LogP) is 5.97. The molecule has 4 aromatic rings. The van der Waals surface area contributed by atoms with E-state index in [4.69, 9.17) is 19.2 Å². The van der Waals surface area contributed by atoms with Crippen molar-refractivity contribution in [1.29, 1.82) is 0 Å². The van der Waals surface area contributed by atoms with Crippen LogP contribution in [0.5, 0.6) is 11.5 Å². The number of carbonyl (C=O) groups is 1. The Balaban J connectivity index is 1.11. The third-order valence-corrected chi connectivity index (χ3v) is 9.22. The highest BCUT2D eigenvalue weighted by molar-refractivity contribution is 7.20. The van der Waals surface area contributed by atoms with Crippen LogP contribution in [0.4, 0.5) is 4.39 Å². The molecule has 1 saturated heterocycles. The molecular weight excluding hydrogens is 545 g/mol. The highest BCUT2D eigenvalue weighted by atomic mass is 32.1. The summed E-state index contributed by atoms with van der Waals surface area (Å²) in [6.45, 7) is 7.24. The molecule has 5 heterocycles. The van der Waals surface area contributed by atoms with E-state index in [2.05, 4.69) is 15.5 Å². The lowest BCUT2D eigenvalue weighted by molar-refractivity contribution is -0.0708. The lowest BCUT2D eigenvalue weighted by Crippen LogP contribution is -2.33. The summed E-state index contributed by atoms with van der Waals surface area (Å²) in [5.74, 6) is -0.360. The quantitative estimate of drug-likeness (QED) is 0.291. The molecule has 0 bridgehead atoms. The molecule has 212 valence electrons. The third kappa shape index (κ3) is 4.69. The number of aromatic carboxylic acids is 1. The van der Waals surface area contributed by atoms with Crippen LogP contribution in [0.15, 0.2) is 48.5 Å². The van der Waals surface area contributed by atoms with Crippen molar-refractivity contribution in [1.82, 2.24) is 14.5 Å². The number of imidazole rings is 1. The second kappa shape index (κ2) is 9.97. The van der Waals surface area contributed by atoms with Crippen LogP contribution in [0.1, 0.15) is 52.0 Å². The zero-order valence-electron chi connectivity index (χ0n) is 22.9. The number of para-hydroxylation sites is 1. The zero-order chi connectivity index (χ0) is 28.3. The Kier molecular flexibility index (Phi) is 6.37. The molecule has 0 amide bonds. The van der Waals surface area contributed by atoms with Crippen molar-refractivity contribution < 1.29 is 28.5 Å². The smallest absolute Gasteiger partial charge is 0.346 e. The van der Waals surface area contributed by atoms with Crippen LogP contribution in [0.3, 0.4) is 0 Å². The van der Waals surface area contributed by atoms with Gasteiger partial charge in [-0.15, -0.1) is 11.3 Å². The van der Waals surface area contributed by atoms with Crippen molar-refractivity contribution in [3.63, 3.8) is 0 Å². The monoisotopic (exact) mass is 575 g/mol. The molecule has 1 fully saturated rings. The molecule has 0 saturated carbocycles. The molecule has 3 aliphatic heterocycles. The number of nitrogens with zero attached hydrogens (tertiary/aromatic N) is 3. The highest BCUT2D eigenvalue weighted by Gasteiger charge is 2.42. The van der Waals surface area contributed by atoms with Gasteiger partial charge in [-0.3, -0.25) is 4.90 Å². The van der Waals surface area contributed by atoms with Crippen molar-refractivity contribution in [2.45, 2.75) is 51.7 Å². The van der Waals surface area contributed by atoms with E-state index in [0.29, 0.717) is 35.0 Å². The number of benzene rings is 2. The van der Waals surface area contributed by atoms with E-state index >= 15 is 0 Å². The Morgan fingerprint density at radius 3 is 2.80 bits per heavy atom. The summed E-state index contributed by atoms with van der Waals surface area (Å²) in [4.78, 5) is 19.9. The number of aromatic nitrogens is 2. The number of rotatable bonds is 7. The second-order valence-electron chi connectivity index (χ2n) is 11.0. The number of carboxylic acid groups (broad SMARTS) is 1. The second-order valence-corrected chi connectivity index (χ2v) is 12.0. The summed E-state index contributed by atoms with van der Waals surface area (Å²) in [6, 6.07) is 12.6. The van der Waals surface area contributed by atoms with Gasteiger partial charge in [0.15, 0.2) is 11.5 Å². The van der Waals surface area contributed by atoms with Gasteiger partial charge in [-0.1, -0.05) is 24.3 Å². The van der Waals surface area contributed by atoms with E-state index in [-0.39, 0.29) is 11.9 Å². The van der Waals surface area contributed by atoms with Crippen molar-refractivity contribution in [2.75, 3.05) is 19.7 Å². The predicted molar refractivity (Wildman–Crippen MR) is 153 cm³/mol. The molecule has 41 heavy (non-hydrogen) atoms. The maximum atomic E-state index is 14.9. The minimum atomic E-state index is -1.24. The van der Waals surface area contributed by atoms with E-state index < -0.39 is 11.8 Å². The van der Waals surface area contributed by atoms with Crippen LogP contribution in [-0.2, 0) is 23.6 Å². The number of thiophene rings is 1. The number of hydrogen-bond acceptors (Lipinski definition) is 7. The van der Waals surface area contributed by atoms with Crippen LogP contribution in [-0.4, -0.2) is 51.3 Å². The molecule has 2 unspecified atom stereocenters. The largest absolute Gasteiger partial charge is 0.477 e. The van der Waals surface area contributed by atoms with Gasteiger partial charge in [-0.25, -0.2) is 14.2 Å². The number of hydrogen-bond donors (Lipinski definition) is 1. The number of carboxylic acids is 1. The number of aryl methyl sites for hydroxylation is 1. The Hall–Kier alpha value is -3.73. The molecule has 3 aliphatic rings. The number of fused-ring (bicyclic) bond motifs is 2. The normalized spacial score (nSPS) is 22.1. The Bertz CT molecular complexity index is 1710. The van der Waals surface area contributed by atoms with Gasteiger partial charge in [-0.05, 0) is 55.2 Å². The van der Waals surface area contributed by atoms with Gasteiger partial charge in [-0.2, -0.15) is 0 Å². The summed E-state index contributed by atoms with van der Waals surface area (Å²) < 4.78 is 35.2. The summed E-state index contributed by atoms with van der Waals surface area (Å²) in [5.41, 5.74) is 4.05. The van der Waals surface area contributed by atoms with Gasteiger partial charge < -0.3 is 23.9 Å². The highest BCUT2D eigenvalue weighted by Crippen LogP contribution is 2.49. The summed E-state index contributed by atoms with van der Waals surface area (Å²) in [6.07, 6.45) is 4.14. The van der Waals surface area contributed by atoms with E-state index in [1.165, 1.54) is 17.4 Å². The molecule has 2 atom stereocenters. The summed E-state index contributed by atoms with van der Waals surface area (Å²) >= 11 is 1.27. The van der Waals surface area contributed by atoms with E-state index in [1.807, 2.05) is 31.2 Å². The first kappa shape index (κ1) is 26.2. The molecule has 8 nitrogen and oxygen atoms in total. The third-order valence-electron chi connectivity index (χ3n) is 8.09. The average Bonchev–Trinajstić information content (AvgIpc) is 3.57. The molecular formula is C31H30FN3O5S. The molecule has 0 spiro atoms. The molecule has 2 aromatic carbocycles. The van der Waals surface area contributed by atoms with Crippen LogP contribution in [0.2, 0.25) is 0 Å². The van der Waals surface area contributed by atoms with Crippen molar-refractivity contribution in [3.8, 4) is 11.5 Å². The van der Waals surface area contributed by atoms with Crippen molar-refractivity contribution >= 4 is 33.2 Å². The molecule has 1 N–H and O–H groups in total. The minimum absolute atomic E-state index is 0.135. The van der Waals surface area contributed by atoms with E-state index in [9.17, 15) is 14.3 Å². The molecule has 2 aromatic heterocycles. The fourth-order valence-corrected chi connectivity index (χ4v) is 6.75. The first-order valence-electron chi connectivity index (χ1n) is 13.8. The van der Waals surface area contributed by atoms with Crippen molar-refractivity contribution in [2.24, 2.45) is 0 Å². The van der Waals surface area contributed by atoms with Crippen LogP contribution in [0, 0.1) is 12.7 Å². The van der Waals surface area contributed by atoms with Crippen LogP contribution in [0.25, 0.3) is 15.9 Å². The molecule has 10 heteroatoms. The lowest BCUT2D eigenvalue weighted by atomic mass is 9.98. The van der Waals surface area contributed by atoms with Crippen LogP contribution < -0.4 is 9.47 Å². The standard InChI is InChI=1S/C31H30FN3O5S/c1-18-6-7-22(23(32)14-18)31(2)39-25-5-3-4-21(28(25)40-31)19-8-11-34(12-9-19)17-27-33-24-15-26(30(36)37)41-29(24)35(27)16-20-10-13-38-20/h3-8,14-15,20H,9-13,16-17H2,1-2H3,(H,36,37). The van der Waals surface area contributed by atoms with Gasteiger partial charge in [0, 0.05) is 32.2 Å². The first-order chi connectivity index (χ1) is 19.8. The van der Waals surface area contributed by atoms with Gasteiger partial charge >= 0.3 is 5.97 Å². The summed E-state index contributed by atoms with van der Waals surface area (Å²) in [5, 5.41) is 9.45. The van der Waals surface area contributed by atoms with Gasteiger partial charge in [0.1, 0.15) is 26.9 Å². The SMILES string of the molecule is Cc1ccc(C2(C)Oc3cccc(C4=CCN(Cc5nc6cc(C(=O)O)sc6n5CC5CCO5)CC4)c3O2)c(F)c1. The minimum Gasteiger partial charge on any atom is -0.477 e. The first-order valence-corrected chi connectivity index (χ1v) is 14.6. The van der Waals surface area contributed by atoms with E-state index in [0.717, 1.165) is 65.4 Å². The van der Waals surface area contributed by atoms with Crippen LogP contribution >= 0.6 is 11.3 Å². The summed E-state index contributed by atoms with van der Waals surface area (Å²) in [7, 11) is 0. The molecule has 7 rings (SSSR count). The van der Waals surface area contributed by atoms with Gasteiger partial charge in [0.05, 0.1) is 24.8 Å². The lowest BCUT2D eigenvalue weighted by Gasteiger charge is -2.29. The van der Waals surface area contributed by atoms with Crippen molar-refractivity contribution in [3.05, 3.63) is 81.7 Å². The number of ether oxygens (including phenoxy) is 3. The maximum absolute atomic E-state index is 14.9. The van der Waals surface area contributed by atoms with Gasteiger partial charge in [0.2, 0.25) is 0 Å². The maximum Gasteiger partial charge on any atom is 0.346 e. The Labute approximate surface area is 240 Å². The van der Waals surface area contributed by atoms with Gasteiger partial charge in [0.25, 0.3) is 5.79 Å². The number of halogens is 1. The molecule has 0 radical (unpaired) electrons. The fraction of sp³-hybridized carbons (Fsp3) is 0.355. The van der Waals surface area contributed by atoms with E-state index in [1.54, 1.807) is 19.1 Å².